The van der Waals surface area contributed by atoms with Crippen LogP contribution in [0.25, 0.3) is 11.3 Å². The van der Waals surface area contributed by atoms with Crippen molar-refractivity contribution < 1.29 is 9.53 Å². The zero-order valence-corrected chi connectivity index (χ0v) is 13.2. The third-order valence-electron chi connectivity index (χ3n) is 3.88. The predicted octanol–water partition coefficient (Wildman–Crippen LogP) is 0.480. The van der Waals surface area contributed by atoms with E-state index < -0.39 is 0 Å². The van der Waals surface area contributed by atoms with E-state index in [2.05, 4.69) is 15.3 Å². The molecule has 1 aliphatic heterocycles. The number of ether oxygens (including phenoxy) is 1. The molecule has 0 radical (unpaired) electrons. The molecule has 2 heterocycles. The molecule has 0 bridgehead atoms. The number of piperazine rings is 1. The molecule has 0 atom stereocenters. The first kappa shape index (κ1) is 15.4. The summed E-state index contributed by atoms with van der Waals surface area (Å²) in [4.78, 5) is 13.5. The maximum atomic E-state index is 11.4. The average molecular weight is 315 g/mol. The molecule has 7 nitrogen and oxygen atoms in total. The van der Waals surface area contributed by atoms with Crippen molar-refractivity contribution in [2.24, 2.45) is 7.05 Å². The molecular weight excluding hydrogens is 294 g/mol. The van der Waals surface area contributed by atoms with Crippen LogP contribution >= 0.6 is 0 Å². The van der Waals surface area contributed by atoms with Gasteiger partial charge in [-0.25, -0.2) is 0 Å². The van der Waals surface area contributed by atoms with Crippen molar-refractivity contribution in [3.8, 4) is 17.0 Å². The molecule has 1 saturated heterocycles. The van der Waals surface area contributed by atoms with Gasteiger partial charge in [0, 0.05) is 44.1 Å². The molecule has 1 amide bonds. The summed E-state index contributed by atoms with van der Waals surface area (Å²) in [5.74, 6) is 0.837. The number of hydrogen-bond donors (Lipinski definition) is 2. The maximum absolute atomic E-state index is 11.4. The van der Waals surface area contributed by atoms with Gasteiger partial charge in [-0.05, 0) is 24.3 Å². The molecule has 0 unspecified atom stereocenters. The number of aryl methyl sites for hydroxylation is 1. The molecule has 23 heavy (non-hydrogen) atoms. The van der Waals surface area contributed by atoms with Crippen molar-refractivity contribution in [3.63, 3.8) is 0 Å². The zero-order valence-electron chi connectivity index (χ0n) is 13.2. The molecule has 7 heteroatoms. The van der Waals surface area contributed by atoms with Gasteiger partial charge in [0.1, 0.15) is 12.4 Å². The van der Waals surface area contributed by atoms with E-state index in [1.807, 2.05) is 31.3 Å². The Morgan fingerprint density at radius 3 is 3.00 bits per heavy atom. The van der Waals surface area contributed by atoms with E-state index in [0.717, 1.165) is 23.6 Å². The first-order valence-corrected chi connectivity index (χ1v) is 7.63. The molecule has 1 aliphatic rings. The molecule has 1 aromatic carbocycles. The Balaban J connectivity index is 1.68. The van der Waals surface area contributed by atoms with Gasteiger partial charge in [-0.15, -0.1) is 0 Å². The third kappa shape index (κ3) is 3.62. The number of hydrogen-bond acceptors (Lipinski definition) is 5. The fourth-order valence-corrected chi connectivity index (χ4v) is 2.68. The number of aromatic nitrogens is 2. The van der Waals surface area contributed by atoms with Crippen LogP contribution in [0.5, 0.6) is 5.75 Å². The number of anilines is 1. The lowest BCUT2D eigenvalue weighted by molar-refractivity contribution is -0.124. The highest BCUT2D eigenvalue weighted by molar-refractivity contribution is 5.78. The van der Waals surface area contributed by atoms with Crippen molar-refractivity contribution in [1.82, 2.24) is 20.0 Å². The lowest BCUT2D eigenvalue weighted by Crippen LogP contribution is -2.48. The van der Waals surface area contributed by atoms with Crippen LogP contribution in [0.3, 0.4) is 0 Å². The zero-order chi connectivity index (χ0) is 16.2. The Hall–Kier alpha value is -2.54. The molecule has 122 valence electrons. The summed E-state index contributed by atoms with van der Waals surface area (Å²) >= 11 is 0. The van der Waals surface area contributed by atoms with Gasteiger partial charge in [0.15, 0.2) is 0 Å². The average Bonchev–Trinajstić information content (AvgIpc) is 2.95. The number of nitrogen functional groups attached to an aromatic ring is 1. The van der Waals surface area contributed by atoms with Crippen LogP contribution in [0.4, 0.5) is 5.69 Å². The molecule has 3 rings (SSSR count). The van der Waals surface area contributed by atoms with Crippen LogP contribution < -0.4 is 15.8 Å². The minimum Gasteiger partial charge on any atom is -0.492 e. The van der Waals surface area contributed by atoms with E-state index in [0.29, 0.717) is 31.9 Å². The second-order valence-corrected chi connectivity index (χ2v) is 5.57. The lowest BCUT2D eigenvalue weighted by Gasteiger charge is -2.26. The van der Waals surface area contributed by atoms with E-state index >= 15 is 0 Å². The van der Waals surface area contributed by atoms with Gasteiger partial charge < -0.3 is 15.8 Å². The number of benzene rings is 1. The van der Waals surface area contributed by atoms with E-state index in [9.17, 15) is 4.79 Å². The summed E-state index contributed by atoms with van der Waals surface area (Å²) in [6.07, 6.45) is 1.74. The number of nitrogens with zero attached hydrogens (tertiary/aromatic N) is 3. The molecular formula is C16H21N5O2. The van der Waals surface area contributed by atoms with Crippen molar-refractivity contribution in [2.75, 3.05) is 38.5 Å². The number of nitrogens with two attached hydrogens (primary N) is 1. The van der Waals surface area contributed by atoms with Crippen molar-refractivity contribution in [3.05, 3.63) is 30.5 Å². The number of amides is 1. The van der Waals surface area contributed by atoms with E-state index in [-0.39, 0.29) is 5.91 Å². The van der Waals surface area contributed by atoms with Crippen LogP contribution in [0.15, 0.2) is 30.5 Å². The Labute approximate surface area is 135 Å². The fraction of sp³-hybridized carbons (Fsp3) is 0.375. The smallest absolute Gasteiger partial charge is 0.234 e. The fourth-order valence-electron chi connectivity index (χ4n) is 2.68. The number of carbonyl (C=O) groups is 1. The summed E-state index contributed by atoms with van der Waals surface area (Å²) in [6, 6.07) is 7.52. The highest BCUT2D eigenvalue weighted by atomic mass is 16.5. The van der Waals surface area contributed by atoms with Gasteiger partial charge in [0.2, 0.25) is 5.91 Å². The minimum absolute atomic E-state index is 0.0688. The Bertz CT molecular complexity index is 698. The van der Waals surface area contributed by atoms with Crippen LogP contribution in [0, 0.1) is 0 Å². The van der Waals surface area contributed by atoms with Gasteiger partial charge >= 0.3 is 0 Å². The number of nitrogens with one attached hydrogen (secondary N) is 1. The summed E-state index contributed by atoms with van der Waals surface area (Å²) in [5, 5.41) is 7.01. The van der Waals surface area contributed by atoms with Crippen LogP contribution in [0.1, 0.15) is 0 Å². The Morgan fingerprint density at radius 2 is 2.26 bits per heavy atom. The van der Waals surface area contributed by atoms with Crippen LogP contribution in [-0.4, -0.2) is 53.4 Å². The SMILES string of the molecule is Cn1nccc1-c1cc(N)ccc1OCCN1CCNC(=O)C1. The molecule has 1 aromatic heterocycles. The normalized spacial score (nSPS) is 15.4. The van der Waals surface area contributed by atoms with Gasteiger partial charge in [-0.1, -0.05) is 0 Å². The molecule has 3 N–H and O–H groups in total. The Kier molecular flexibility index (Phi) is 4.47. The van der Waals surface area contributed by atoms with Gasteiger partial charge in [-0.3, -0.25) is 14.4 Å². The summed E-state index contributed by atoms with van der Waals surface area (Å²) in [5.41, 5.74) is 8.46. The summed E-state index contributed by atoms with van der Waals surface area (Å²) in [7, 11) is 1.88. The van der Waals surface area contributed by atoms with Crippen molar-refractivity contribution >= 4 is 11.6 Å². The number of rotatable bonds is 5. The molecule has 0 aliphatic carbocycles. The molecule has 0 saturated carbocycles. The molecule has 1 fully saturated rings. The van der Waals surface area contributed by atoms with Gasteiger partial charge in [0.05, 0.1) is 12.2 Å². The van der Waals surface area contributed by atoms with Gasteiger partial charge in [-0.2, -0.15) is 5.10 Å². The summed E-state index contributed by atoms with van der Waals surface area (Å²) in [6.45, 7) is 3.21. The second kappa shape index (κ2) is 6.70. The number of carbonyl (C=O) groups excluding carboxylic acids is 1. The van der Waals surface area contributed by atoms with Crippen molar-refractivity contribution in [2.45, 2.75) is 0 Å². The Morgan fingerprint density at radius 1 is 1.39 bits per heavy atom. The minimum atomic E-state index is 0.0688. The molecule has 0 spiro atoms. The topological polar surface area (TPSA) is 85.4 Å². The van der Waals surface area contributed by atoms with Crippen LogP contribution in [0.2, 0.25) is 0 Å². The second-order valence-electron chi connectivity index (χ2n) is 5.57. The first-order valence-electron chi connectivity index (χ1n) is 7.63. The third-order valence-corrected chi connectivity index (χ3v) is 3.88. The van der Waals surface area contributed by atoms with E-state index in [1.165, 1.54) is 0 Å². The van der Waals surface area contributed by atoms with Crippen LogP contribution in [-0.2, 0) is 11.8 Å². The quantitative estimate of drug-likeness (QED) is 0.784. The predicted molar refractivity (Wildman–Crippen MR) is 88.0 cm³/mol. The highest BCUT2D eigenvalue weighted by Gasteiger charge is 2.16. The van der Waals surface area contributed by atoms with Crippen molar-refractivity contribution in [1.29, 1.82) is 0 Å². The largest absolute Gasteiger partial charge is 0.492 e. The standard InChI is InChI=1S/C16H21N5O2/c1-20-14(4-5-19-20)13-10-12(17)2-3-15(13)23-9-8-21-7-6-18-16(22)11-21/h2-5,10H,6-9,11,17H2,1H3,(H,18,22). The first-order chi connectivity index (χ1) is 11.1. The van der Waals surface area contributed by atoms with E-state index in [1.54, 1.807) is 10.9 Å². The maximum Gasteiger partial charge on any atom is 0.234 e. The van der Waals surface area contributed by atoms with Gasteiger partial charge in [0.25, 0.3) is 0 Å². The summed E-state index contributed by atoms with van der Waals surface area (Å²) < 4.78 is 7.73. The lowest BCUT2D eigenvalue weighted by atomic mass is 10.1. The van der Waals surface area contributed by atoms with E-state index in [4.69, 9.17) is 10.5 Å². The molecule has 2 aromatic rings. The highest BCUT2D eigenvalue weighted by Crippen LogP contribution is 2.31. The monoisotopic (exact) mass is 315 g/mol.